The van der Waals surface area contributed by atoms with Crippen molar-refractivity contribution in [3.8, 4) is 0 Å². The zero-order valence-corrected chi connectivity index (χ0v) is 26.4. The Morgan fingerprint density at radius 1 is 0.953 bits per heavy atom. The number of amides is 1. The van der Waals surface area contributed by atoms with E-state index in [9.17, 15) is 23.1 Å². The number of rotatable bonds is 10. The summed E-state index contributed by atoms with van der Waals surface area (Å²) in [5, 5.41) is 10.3. The quantitative estimate of drug-likeness (QED) is 0.272. The molecular weight excluding hydrogens is 611 g/mol. The summed E-state index contributed by atoms with van der Waals surface area (Å²) in [5.41, 5.74) is 1.32. The molecule has 0 radical (unpaired) electrons. The van der Waals surface area contributed by atoms with Crippen LogP contribution in [0.15, 0.2) is 84.9 Å². The average Bonchev–Trinajstić information content (AvgIpc) is 3.83. The Morgan fingerprint density at radius 2 is 1.51 bits per heavy atom. The molecule has 1 saturated carbocycles. The molecule has 1 heterocycles. The van der Waals surface area contributed by atoms with Crippen LogP contribution in [0.3, 0.4) is 0 Å². The molecule has 5 rings (SSSR count). The van der Waals surface area contributed by atoms with Gasteiger partial charge in [0.2, 0.25) is 10.0 Å². The van der Waals surface area contributed by atoms with Gasteiger partial charge in [-0.25, -0.2) is 8.42 Å². The van der Waals surface area contributed by atoms with Gasteiger partial charge in [-0.3, -0.25) is 13.9 Å². The first-order valence-corrected chi connectivity index (χ1v) is 16.4. The third kappa shape index (κ3) is 8.50. The third-order valence-electron chi connectivity index (χ3n) is 7.45. The lowest BCUT2D eigenvalue weighted by Crippen LogP contribution is -2.59. The molecule has 11 heteroatoms. The lowest BCUT2D eigenvalue weighted by molar-refractivity contribution is -0.170. The Kier molecular flexibility index (Phi) is 11.1. The van der Waals surface area contributed by atoms with Crippen molar-refractivity contribution in [2.45, 2.75) is 56.5 Å². The van der Waals surface area contributed by atoms with Crippen LogP contribution in [0, 0.1) is 5.92 Å². The maximum absolute atomic E-state index is 13.7. The van der Waals surface area contributed by atoms with Gasteiger partial charge in [0.15, 0.2) is 0 Å². The molecule has 1 saturated heterocycles. The number of carboxylic acid groups (broad SMARTS) is 1. The summed E-state index contributed by atoms with van der Waals surface area (Å²) in [4.78, 5) is 26.8. The van der Waals surface area contributed by atoms with Gasteiger partial charge in [0.1, 0.15) is 6.10 Å². The number of hydrogen-bond acceptors (Lipinski definition) is 5. The van der Waals surface area contributed by atoms with E-state index in [1.807, 2.05) is 50.2 Å². The Balaban J connectivity index is 0.000000530. The maximum Gasteiger partial charge on any atom is 0.306 e. The molecule has 2 fully saturated rings. The highest BCUT2D eigenvalue weighted by atomic mass is 35.5. The van der Waals surface area contributed by atoms with Crippen molar-refractivity contribution in [1.29, 1.82) is 0 Å². The number of hydrogen-bond donors (Lipinski definition) is 1. The highest BCUT2D eigenvalue weighted by Gasteiger charge is 2.46. The lowest BCUT2D eigenvalue weighted by atomic mass is 9.94. The van der Waals surface area contributed by atoms with E-state index >= 15 is 0 Å². The number of sulfonamides is 1. The predicted molar refractivity (Wildman–Crippen MR) is 169 cm³/mol. The van der Waals surface area contributed by atoms with Crippen LogP contribution in [-0.2, 0) is 24.3 Å². The van der Waals surface area contributed by atoms with E-state index in [4.69, 9.17) is 27.9 Å². The van der Waals surface area contributed by atoms with Crippen molar-refractivity contribution >= 4 is 50.8 Å². The Bertz CT molecular complexity index is 1470. The maximum atomic E-state index is 13.7. The van der Waals surface area contributed by atoms with Crippen molar-refractivity contribution in [1.82, 2.24) is 4.90 Å². The molecule has 43 heavy (non-hydrogen) atoms. The first-order chi connectivity index (χ1) is 20.5. The summed E-state index contributed by atoms with van der Waals surface area (Å²) in [6, 6.07) is 24.3. The van der Waals surface area contributed by atoms with Crippen LogP contribution < -0.4 is 4.31 Å². The van der Waals surface area contributed by atoms with Gasteiger partial charge in [-0.1, -0.05) is 85.6 Å². The number of carbonyl (C=O) groups excluding carboxylic acids is 1. The topological polar surface area (TPSA) is 104 Å². The third-order valence-corrected chi connectivity index (χ3v) is 10.2. The van der Waals surface area contributed by atoms with Crippen LogP contribution in [0.2, 0.25) is 10.0 Å². The van der Waals surface area contributed by atoms with Crippen LogP contribution in [-0.4, -0.2) is 60.8 Å². The minimum absolute atomic E-state index is 0.0517. The first-order valence-electron chi connectivity index (χ1n) is 14.2. The number of benzene rings is 3. The largest absolute Gasteiger partial charge is 0.481 e. The van der Waals surface area contributed by atoms with Crippen molar-refractivity contribution < 1.29 is 27.9 Å². The number of morpholine rings is 1. The fourth-order valence-electron chi connectivity index (χ4n) is 5.02. The molecule has 1 amide bonds. The summed E-state index contributed by atoms with van der Waals surface area (Å²) in [7, 11) is -3.63. The molecule has 3 aromatic rings. The normalized spacial score (nSPS) is 19.4. The van der Waals surface area contributed by atoms with Crippen LogP contribution >= 0.6 is 23.2 Å². The highest BCUT2D eigenvalue weighted by molar-refractivity contribution is 7.93. The van der Waals surface area contributed by atoms with Crippen LogP contribution in [0.4, 0.5) is 5.69 Å². The van der Waals surface area contributed by atoms with Gasteiger partial charge in [0.05, 0.1) is 42.6 Å². The van der Waals surface area contributed by atoms with E-state index in [1.54, 1.807) is 53.4 Å². The van der Waals surface area contributed by atoms with E-state index in [1.165, 1.54) is 4.31 Å². The van der Waals surface area contributed by atoms with Gasteiger partial charge < -0.3 is 14.7 Å². The number of anilines is 1. The van der Waals surface area contributed by atoms with E-state index < -0.39 is 51.8 Å². The molecule has 1 unspecified atom stereocenters. The number of para-hydroxylation sites is 1. The van der Waals surface area contributed by atoms with Crippen molar-refractivity contribution in [3.63, 3.8) is 0 Å². The van der Waals surface area contributed by atoms with Crippen molar-refractivity contribution in [2.75, 3.05) is 17.5 Å². The molecule has 0 bridgehead atoms. The fourth-order valence-corrected chi connectivity index (χ4v) is 7.16. The molecule has 3 aromatic carbocycles. The summed E-state index contributed by atoms with van der Waals surface area (Å²) in [5.74, 6) is -1.73. The summed E-state index contributed by atoms with van der Waals surface area (Å²) < 4.78 is 34.2. The molecule has 1 N–H and O–H groups in total. The highest BCUT2D eigenvalue weighted by Crippen LogP contribution is 2.37. The van der Waals surface area contributed by atoms with Gasteiger partial charge in [-0.15, -0.1) is 0 Å². The van der Waals surface area contributed by atoms with E-state index in [0.29, 0.717) is 23.6 Å². The zero-order valence-electron chi connectivity index (χ0n) is 24.1. The molecule has 0 spiro atoms. The number of nitrogens with zero attached hydrogens (tertiary/aromatic N) is 2. The number of ether oxygens (including phenoxy) is 1. The summed E-state index contributed by atoms with van der Waals surface area (Å²) in [6.07, 6.45) is -0.376. The van der Waals surface area contributed by atoms with Crippen molar-refractivity contribution in [3.05, 3.63) is 101 Å². The van der Waals surface area contributed by atoms with Crippen LogP contribution in [0.25, 0.3) is 0 Å². The number of halogens is 2. The first kappa shape index (κ1) is 32.8. The minimum Gasteiger partial charge on any atom is -0.481 e. The summed E-state index contributed by atoms with van der Waals surface area (Å²) in [6.45, 7) is 4.02. The van der Waals surface area contributed by atoms with E-state index in [-0.39, 0.29) is 19.1 Å². The number of carboxylic acids is 1. The molecule has 1 aliphatic carbocycles. The molecule has 3 atom stereocenters. The molecule has 230 valence electrons. The summed E-state index contributed by atoms with van der Waals surface area (Å²) >= 11 is 11.6. The molecular formula is C32H36Cl2N2O6S. The van der Waals surface area contributed by atoms with Gasteiger partial charge in [0, 0.05) is 10.0 Å². The van der Waals surface area contributed by atoms with E-state index in [0.717, 1.165) is 10.6 Å². The van der Waals surface area contributed by atoms with Gasteiger partial charge in [-0.05, 0) is 60.7 Å². The minimum atomic E-state index is -3.63. The van der Waals surface area contributed by atoms with Crippen molar-refractivity contribution in [2.24, 2.45) is 5.92 Å². The molecule has 8 nitrogen and oxygen atoms in total. The standard InChI is InChI=1S/C26H31ClN2O6S.C6H5Cl/c1-17(2)22(15-28(20-6-4-3-5-7-20)36(33,34)21-12-13-21)29-23(18-8-10-19(27)11-9-18)16-35-24(26(29)32)14-25(30)31;7-6-4-2-1-3-5-6/h3-11,17,21-24H,12-16H2,1-2H3,(H,30,31);1-5H/t22?,23-,24+;/m0./s1. The second-order valence-corrected chi connectivity index (χ2v) is 14.0. The van der Waals surface area contributed by atoms with Crippen LogP contribution in [0.1, 0.15) is 44.7 Å². The monoisotopic (exact) mass is 646 g/mol. The fraction of sp³-hybridized carbons (Fsp3) is 0.375. The zero-order chi connectivity index (χ0) is 31.1. The average molecular weight is 648 g/mol. The second-order valence-electron chi connectivity index (χ2n) is 11.0. The Labute approximate surface area is 263 Å². The van der Waals surface area contributed by atoms with Gasteiger partial charge in [-0.2, -0.15) is 0 Å². The Morgan fingerprint density at radius 3 is 2.00 bits per heavy atom. The number of carbonyl (C=O) groups is 2. The van der Waals surface area contributed by atoms with Gasteiger partial charge >= 0.3 is 5.97 Å². The second kappa shape index (κ2) is 14.6. The smallest absolute Gasteiger partial charge is 0.306 e. The lowest BCUT2D eigenvalue weighted by Gasteiger charge is -2.46. The molecule has 1 aliphatic heterocycles. The SMILES string of the molecule is CC(C)C(CN(c1ccccc1)S(=O)(=O)C1CC1)N1C(=O)[C@@H](CC(=O)O)OC[C@H]1c1ccc(Cl)cc1.Clc1ccccc1. The Hall–Kier alpha value is -3.11. The molecule has 0 aromatic heterocycles. The van der Waals surface area contributed by atoms with Crippen LogP contribution in [0.5, 0.6) is 0 Å². The predicted octanol–water partition coefficient (Wildman–Crippen LogP) is 6.45. The number of aliphatic carboxylic acids is 1. The molecule has 2 aliphatic rings. The van der Waals surface area contributed by atoms with Gasteiger partial charge in [0.25, 0.3) is 5.91 Å². The van der Waals surface area contributed by atoms with E-state index in [2.05, 4.69) is 0 Å².